The third-order valence-electron chi connectivity index (χ3n) is 5.63. The number of ether oxygens (including phenoxy) is 2. The molecule has 0 aromatic carbocycles. The van der Waals surface area contributed by atoms with Gasteiger partial charge in [-0.05, 0) is 25.7 Å². The number of rotatable bonds is 4. The van der Waals surface area contributed by atoms with Gasteiger partial charge in [0.2, 0.25) is 0 Å². The molecule has 1 aromatic heterocycles. The van der Waals surface area contributed by atoms with E-state index in [0.717, 1.165) is 38.8 Å². The number of imidazole rings is 1. The topological polar surface area (TPSA) is 68.6 Å². The average Bonchev–Trinajstić information content (AvgIpc) is 3.36. The molecule has 25 heavy (non-hydrogen) atoms. The van der Waals surface area contributed by atoms with Crippen LogP contribution < -0.4 is 5.32 Å². The van der Waals surface area contributed by atoms with Crippen LogP contribution in [-0.4, -0.2) is 58.1 Å². The molecule has 4 rings (SSSR count). The monoisotopic (exact) mass is 348 g/mol. The van der Waals surface area contributed by atoms with Crippen molar-refractivity contribution in [2.24, 2.45) is 0 Å². The van der Waals surface area contributed by atoms with Gasteiger partial charge in [0.05, 0.1) is 19.0 Å². The van der Waals surface area contributed by atoms with Gasteiger partial charge in [0.1, 0.15) is 6.10 Å². The van der Waals surface area contributed by atoms with Gasteiger partial charge in [-0.2, -0.15) is 0 Å². The summed E-state index contributed by atoms with van der Waals surface area (Å²) in [5.41, 5.74) is 0. The van der Waals surface area contributed by atoms with Gasteiger partial charge < -0.3 is 24.3 Å². The summed E-state index contributed by atoms with van der Waals surface area (Å²) in [6.45, 7) is 2.73. The van der Waals surface area contributed by atoms with E-state index in [4.69, 9.17) is 9.47 Å². The maximum absolute atomic E-state index is 12.6. The average molecular weight is 348 g/mol. The van der Waals surface area contributed by atoms with Gasteiger partial charge in [-0.1, -0.05) is 6.42 Å². The van der Waals surface area contributed by atoms with Crippen molar-refractivity contribution in [3.63, 3.8) is 0 Å². The van der Waals surface area contributed by atoms with Crippen molar-refractivity contribution < 1.29 is 14.3 Å². The molecule has 0 unspecified atom stereocenters. The molecule has 3 fully saturated rings. The van der Waals surface area contributed by atoms with Crippen LogP contribution in [0.2, 0.25) is 0 Å². The van der Waals surface area contributed by atoms with Gasteiger partial charge in [0.15, 0.2) is 5.79 Å². The number of nitrogens with one attached hydrogen (secondary N) is 1. The molecular weight excluding hydrogens is 320 g/mol. The number of hydrogen-bond acceptors (Lipinski definition) is 4. The van der Waals surface area contributed by atoms with Crippen LogP contribution in [0.5, 0.6) is 0 Å². The number of amides is 2. The Kier molecular flexibility index (Phi) is 4.94. The summed E-state index contributed by atoms with van der Waals surface area (Å²) in [6.07, 6.45) is 13.2. The molecule has 0 bridgehead atoms. The zero-order chi connectivity index (χ0) is 17.1. The zero-order valence-electron chi connectivity index (χ0n) is 14.7. The first-order valence-electron chi connectivity index (χ1n) is 9.56. The summed E-state index contributed by atoms with van der Waals surface area (Å²) in [7, 11) is 0. The molecule has 1 aliphatic carbocycles. The Balaban J connectivity index is 1.26. The molecule has 2 saturated heterocycles. The lowest BCUT2D eigenvalue weighted by Gasteiger charge is -2.32. The van der Waals surface area contributed by atoms with E-state index in [0.29, 0.717) is 13.2 Å². The molecule has 138 valence electrons. The number of aromatic nitrogens is 2. The van der Waals surface area contributed by atoms with Crippen molar-refractivity contribution in [1.29, 1.82) is 0 Å². The molecule has 7 heteroatoms. The third kappa shape index (κ3) is 3.82. The summed E-state index contributed by atoms with van der Waals surface area (Å²) in [6, 6.07) is 0.246. The van der Waals surface area contributed by atoms with E-state index in [2.05, 4.69) is 10.3 Å². The second-order valence-corrected chi connectivity index (χ2v) is 7.46. The summed E-state index contributed by atoms with van der Waals surface area (Å²) >= 11 is 0. The number of carbonyl (C=O) groups excluding carboxylic acids is 1. The fraction of sp³-hybridized carbons (Fsp3) is 0.778. The maximum Gasteiger partial charge on any atom is 0.317 e. The highest BCUT2D eigenvalue weighted by Crippen LogP contribution is 2.37. The first-order chi connectivity index (χ1) is 12.2. The van der Waals surface area contributed by atoms with Crippen LogP contribution >= 0.6 is 0 Å². The van der Waals surface area contributed by atoms with Crippen molar-refractivity contribution in [3.05, 3.63) is 18.7 Å². The Labute approximate surface area is 148 Å². The highest BCUT2D eigenvalue weighted by Gasteiger charge is 2.42. The van der Waals surface area contributed by atoms with Crippen molar-refractivity contribution >= 4 is 6.03 Å². The molecule has 3 aliphatic rings. The fourth-order valence-electron chi connectivity index (χ4n) is 4.30. The Morgan fingerprint density at radius 3 is 2.96 bits per heavy atom. The van der Waals surface area contributed by atoms with Crippen LogP contribution in [0.3, 0.4) is 0 Å². The van der Waals surface area contributed by atoms with Gasteiger partial charge in [-0.3, -0.25) is 0 Å². The lowest BCUT2D eigenvalue weighted by Crippen LogP contribution is -2.46. The standard InChI is InChI=1S/C18H28N4O3/c23-17(22-9-4-5-15(22)12-21-10-8-19-14-21)20-11-16-13-24-18(25-16)6-2-1-3-7-18/h8,10,14-16H,1-7,9,11-13H2,(H,20,23)/t15-,16-/m0/s1. The van der Waals surface area contributed by atoms with Crippen molar-refractivity contribution in [3.8, 4) is 0 Å². The molecule has 2 amide bonds. The first kappa shape index (κ1) is 16.8. The molecular formula is C18H28N4O3. The van der Waals surface area contributed by atoms with E-state index in [1.54, 1.807) is 6.20 Å². The quantitative estimate of drug-likeness (QED) is 0.905. The largest absolute Gasteiger partial charge is 0.347 e. The maximum atomic E-state index is 12.6. The molecule has 2 atom stereocenters. The van der Waals surface area contributed by atoms with Crippen LogP contribution in [-0.2, 0) is 16.0 Å². The summed E-state index contributed by atoms with van der Waals surface area (Å²) in [5, 5.41) is 3.06. The van der Waals surface area contributed by atoms with Gasteiger partial charge in [-0.15, -0.1) is 0 Å². The van der Waals surface area contributed by atoms with Gasteiger partial charge in [0.25, 0.3) is 0 Å². The Morgan fingerprint density at radius 2 is 2.16 bits per heavy atom. The van der Waals surface area contributed by atoms with E-state index in [-0.39, 0.29) is 24.0 Å². The lowest BCUT2D eigenvalue weighted by molar-refractivity contribution is -0.186. The lowest BCUT2D eigenvalue weighted by atomic mass is 9.94. The number of hydrogen-bond donors (Lipinski definition) is 1. The van der Waals surface area contributed by atoms with Crippen LogP contribution in [0.1, 0.15) is 44.9 Å². The number of likely N-dealkylation sites (tertiary alicyclic amines) is 1. The Morgan fingerprint density at radius 1 is 1.28 bits per heavy atom. The van der Waals surface area contributed by atoms with E-state index in [9.17, 15) is 4.79 Å². The van der Waals surface area contributed by atoms with Crippen molar-refractivity contribution in [2.75, 3.05) is 19.7 Å². The van der Waals surface area contributed by atoms with E-state index >= 15 is 0 Å². The van der Waals surface area contributed by atoms with E-state index in [1.165, 1.54) is 19.3 Å². The molecule has 0 radical (unpaired) electrons. The van der Waals surface area contributed by atoms with Crippen molar-refractivity contribution in [2.45, 2.75) is 69.4 Å². The molecule has 1 spiro atoms. The number of carbonyl (C=O) groups is 1. The molecule has 1 aromatic rings. The third-order valence-corrected chi connectivity index (χ3v) is 5.63. The number of nitrogens with zero attached hydrogens (tertiary/aromatic N) is 3. The normalized spacial score (nSPS) is 28.6. The Bertz CT molecular complexity index is 571. The van der Waals surface area contributed by atoms with Gasteiger partial charge >= 0.3 is 6.03 Å². The Hall–Kier alpha value is -1.60. The van der Waals surface area contributed by atoms with E-state index < -0.39 is 0 Å². The van der Waals surface area contributed by atoms with Gasteiger partial charge in [0, 0.05) is 44.9 Å². The highest BCUT2D eigenvalue weighted by molar-refractivity contribution is 5.74. The smallest absolute Gasteiger partial charge is 0.317 e. The summed E-state index contributed by atoms with van der Waals surface area (Å²) in [4.78, 5) is 18.6. The molecule has 7 nitrogen and oxygen atoms in total. The minimum Gasteiger partial charge on any atom is -0.347 e. The predicted octanol–water partition coefficient (Wildman–Crippen LogP) is 2.13. The van der Waals surface area contributed by atoms with Crippen LogP contribution in [0.25, 0.3) is 0 Å². The fourth-order valence-corrected chi connectivity index (χ4v) is 4.30. The highest BCUT2D eigenvalue weighted by atomic mass is 16.7. The zero-order valence-corrected chi connectivity index (χ0v) is 14.7. The predicted molar refractivity (Wildman–Crippen MR) is 92.0 cm³/mol. The summed E-state index contributed by atoms with van der Waals surface area (Å²) in [5.74, 6) is -0.370. The minimum absolute atomic E-state index is 0.0100. The van der Waals surface area contributed by atoms with Gasteiger partial charge in [-0.25, -0.2) is 9.78 Å². The minimum atomic E-state index is -0.370. The second-order valence-electron chi connectivity index (χ2n) is 7.46. The van der Waals surface area contributed by atoms with E-state index in [1.807, 2.05) is 22.0 Å². The summed E-state index contributed by atoms with van der Waals surface area (Å²) < 4.78 is 14.1. The molecule has 1 saturated carbocycles. The van der Waals surface area contributed by atoms with Crippen LogP contribution in [0.15, 0.2) is 18.7 Å². The molecule has 2 aliphatic heterocycles. The SMILES string of the molecule is O=C(NC[C@H]1COC2(CCCCC2)O1)N1CCC[C@H]1Cn1ccnc1. The van der Waals surface area contributed by atoms with Crippen LogP contribution in [0.4, 0.5) is 4.79 Å². The molecule has 1 N–H and O–H groups in total. The second kappa shape index (κ2) is 7.33. The van der Waals surface area contributed by atoms with Crippen molar-refractivity contribution in [1.82, 2.24) is 19.8 Å². The molecule has 3 heterocycles. The van der Waals surface area contributed by atoms with Crippen LogP contribution in [0, 0.1) is 0 Å². The number of urea groups is 1. The first-order valence-corrected chi connectivity index (χ1v) is 9.56.